The first-order valence-corrected chi connectivity index (χ1v) is 12.9. The SMILES string of the molecule is CC(C)[C@H](NN)C(=O)N1CCC[C@H]1C(=O)B(O)O.CN.CN.O.[2H]P(P)I.[V]. The van der Waals surface area contributed by atoms with Crippen molar-refractivity contribution in [3.8, 4) is 0 Å². The van der Waals surface area contributed by atoms with Crippen LogP contribution >= 0.6 is 36.8 Å². The zero-order chi connectivity index (χ0) is 21.4. The van der Waals surface area contributed by atoms with Crippen molar-refractivity contribution in [3.05, 3.63) is 0 Å². The van der Waals surface area contributed by atoms with Crippen LogP contribution in [0.4, 0.5) is 0 Å². The second-order valence-electron chi connectivity index (χ2n) is 4.95. The fourth-order valence-electron chi connectivity index (χ4n) is 2.23. The van der Waals surface area contributed by atoms with E-state index in [4.69, 9.17) is 17.2 Å². The number of nitrogens with two attached hydrogens (primary N) is 3. The van der Waals surface area contributed by atoms with Crippen LogP contribution in [0.3, 0.4) is 0 Å². The molecule has 10 nitrogen and oxygen atoms in total. The van der Waals surface area contributed by atoms with E-state index in [1.54, 1.807) is 0 Å². The number of amides is 1. The molecule has 0 aromatic carbocycles. The summed E-state index contributed by atoms with van der Waals surface area (Å²) in [6.07, 6.45) is 1.13. The minimum Gasteiger partial charge on any atom is -0.421 e. The molecule has 1 radical (unpaired) electrons. The van der Waals surface area contributed by atoms with E-state index in [1.165, 1.54) is 19.0 Å². The molecule has 27 heavy (non-hydrogen) atoms. The monoisotopic (exact) mass is 581 g/mol. The Labute approximate surface area is 192 Å². The normalized spacial score (nSPS) is 17.0. The Morgan fingerprint density at radius 1 is 1.37 bits per heavy atom. The van der Waals surface area contributed by atoms with Gasteiger partial charge >= 0.3 is 7.12 Å². The number of rotatable bonds is 5. The van der Waals surface area contributed by atoms with Crippen molar-refractivity contribution < 1.29 is 43.7 Å². The summed E-state index contributed by atoms with van der Waals surface area (Å²) in [4.78, 5) is 25.2. The second kappa shape index (κ2) is 25.1. The Balaban J connectivity index is -0.000000153. The quantitative estimate of drug-likeness (QED) is 0.0717. The summed E-state index contributed by atoms with van der Waals surface area (Å²) in [6.45, 7) is 4.12. The Morgan fingerprint density at radius 3 is 2.07 bits per heavy atom. The third kappa shape index (κ3) is 15.6. The molecule has 15 heteroatoms. The van der Waals surface area contributed by atoms with Gasteiger partial charge in [-0.1, -0.05) is 35.9 Å². The van der Waals surface area contributed by atoms with Gasteiger partial charge in [0.1, 0.15) is 6.04 Å². The number of likely N-dealkylation sites (tertiary alicyclic amines) is 1. The van der Waals surface area contributed by atoms with Crippen LogP contribution in [0, 0.1) is 5.92 Å². The van der Waals surface area contributed by atoms with Gasteiger partial charge in [0.2, 0.25) is 5.91 Å². The van der Waals surface area contributed by atoms with Crippen LogP contribution in [-0.4, -0.2) is 73.1 Å². The molecule has 1 fully saturated rings. The van der Waals surface area contributed by atoms with Crippen LogP contribution in [0.1, 0.15) is 26.7 Å². The topological polar surface area (TPSA) is 199 Å². The molecule has 1 aliphatic heterocycles. The zero-order valence-corrected chi connectivity index (χ0v) is 21.8. The molecule has 1 aliphatic rings. The van der Waals surface area contributed by atoms with Gasteiger partial charge in [-0.2, -0.15) is 0 Å². The summed E-state index contributed by atoms with van der Waals surface area (Å²) in [6, 6.07) is -1.33. The van der Waals surface area contributed by atoms with Gasteiger partial charge in [0.25, 0.3) is 0 Å². The minimum atomic E-state index is -2.04. The third-order valence-corrected chi connectivity index (χ3v) is 3.23. The molecule has 1 saturated heterocycles. The fraction of sp³-hybridized carbons (Fsp3) is 0.833. The maximum Gasteiger partial charge on any atom is 0.529 e. The van der Waals surface area contributed by atoms with E-state index in [-0.39, 0.29) is 35.9 Å². The van der Waals surface area contributed by atoms with Crippen molar-refractivity contribution in [3.63, 3.8) is 0 Å². The molecule has 0 aromatic rings. The average Bonchev–Trinajstić information content (AvgIpc) is 3.07. The third-order valence-electron chi connectivity index (χ3n) is 3.23. The van der Waals surface area contributed by atoms with E-state index < -0.39 is 30.7 Å². The standard InChI is InChI=1S/C10H20BN3O4.2CH5N.H3IP2.H2O.V/c1-6(2)8(13-12)10(16)14-5-3-4-7(14)9(15)11(17)18;2*1-2;1-3-2;;/h6-8,13,17-18H,3-5,12H2,1-2H3;2*2H2,1H3;3H,2H2;1H2;/t7-,8-;;;;;/m0...../s1/i;;;3D;;. The van der Waals surface area contributed by atoms with Gasteiger partial charge in [-0.15, -0.1) is 8.93 Å². The van der Waals surface area contributed by atoms with Crippen molar-refractivity contribution in [1.29, 1.82) is 1.28 Å². The van der Waals surface area contributed by atoms with Crippen molar-refractivity contribution >= 4 is 55.5 Å². The van der Waals surface area contributed by atoms with Crippen molar-refractivity contribution in [2.75, 3.05) is 20.6 Å². The molecule has 1 rings (SSSR count). The van der Waals surface area contributed by atoms with E-state index in [0.717, 1.165) is 0 Å². The Hall–Kier alpha value is 1.10. The van der Waals surface area contributed by atoms with Gasteiger partial charge in [0.05, 0.1) is 7.32 Å². The molecular weight excluding hydrogens is 545 g/mol. The zero-order valence-electron chi connectivity index (χ0n) is 17.2. The molecule has 0 aromatic heterocycles. The number of hydrogen-bond donors (Lipinski definition) is 6. The van der Waals surface area contributed by atoms with E-state index >= 15 is 0 Å². The molecule has 11 N–H and O–H groups in total. The smallest absolute Gasteiger partial charge is 0.421 e. The molecular formula is C12H35BIN5O5P2V. The van der Waals surface area contributed by atoms with E-state index in [2.05, 4.69) is 25.8 Å². The van der Waals surface area contributed by atoms with Gasteiger partial charge in [0.15, 0.2) is 5.68 Å². The molecule has 1 heterocycles. The van der Waals surface area contributed by atoms with E-state index in [9.17, 15) is 9.59 Å². The molecule has 0 bridgehead atoms. The van der Waals surface area contributed by atoms with Crippen molar-refractivity contribution in [2.45, 2.75) is 38.8 Å². The van der Waals surface area contributed by atoms with E-state index in [1.807, 2.05) is 35.9 Å². The maximum absolute atomic E-state index is 12.2. The molecule has 163 valence electrons. The second-order valence-corrected chi connectivity index (χ2v) is 10.7. The predicted molar refractivity (Wildman–Crippen MR) is 122 cm³/mol. The Kier molecular flexibility index (Phi) is 33.1. The summed E-state index contributed by atoms with van der Waals surface area (Å²) < 4.78 is 6.60. The van der Waals surface area contributed by atoms with Gasteiger partial charge in [-0.3, -0.25) is 10.6 Å². The summed E-state index contributed by atoms with van der Waals surface area (Å²) in [5, 5.41) is 17.8. The fourth-order valence-corrected chi connectivity index (χ4v) is 2.23. The summed E-state index contributed by atoms with van der Waals surface area (Å²) >= 11 is 2.04. The van der Waals surface area contributed by atoms with E-state index in [0.29, 0.717) is 19.4 Å². The predicted octanol–water partition coefficient (Wildman–Crippen LogP) is -1.83. The minimum absolute atomic E-state index is 0. The molecule has 1 amide bonds. The number of hydrogen-bond acceptors (Lipinski definition) is 8. The van der Waals surface area contributed by atoms with Crippen LogP contribution in [0.25, 0.3) is 0 Å². The number of nitrogens with one attached hydrogen (secondary N) is 1. The van der Waals surface area contributed by atoms with Crippen LogP contribution in [0.15, 0.2) is 0 Å². The number of halogens is 1. The molecule has 0 aliphatic carbocycles. The first-order chi connectivity index (χ1) is 12.1. The van der Waals surface area contributed by atoms with Crippen molar-refractivity contribution in [2.24, 2.45) is 23.2 Å². The molecule has 2 unspecified atom stereocenters. The Bertz CT molecular complexity index is 396. The largest absolute Gasteiger partial charge is 0.529 e. The van der Waals surface area contributed by atoms with Gasteiger partial charge in [-0.05, 0) is 38.7 Å². The van der Waals surface area contributed by atoms with Gasteiger partial charge in [0, 0.05) is 25.1 Å². The summed E-state index contributed by atoms with van der Waals surface area (Å²) in [5.74, 6) is 4.57. The number of nitrogens with zero attached hydrogens (tertiary/aromatic N) is 1. The number of carbonyl (C=O) groups excluding carboxylic acids is 2. The first kappa shape index (κ1) is 35.5. The number of hydrazine groups is 1. The van der Waals surface area contributed by atoms with Gasteiger partial charge < -0.3 is 36.7 Å². The summed E-state index contributed by atoms with van der Waals surface area (Å²) in [7, 11) is 3.34. The Morgan fingerprint density at radius 2 is 1.78 bits per heavy atom. The first-order valence-electron chi connectivity index (χ1n) is 8.09. The molecule has 0 saturated carbocycles. The molecule has 4 atom stereocenters. The maximum atomic E-state index is 12.2. The van der Waals surface area contributed by atoms with Crippen LogP contribution in [0.2, 0.25) is 0 Å². The van der Waals surface area contributed by atoms with Crippen LogP contribution in [-0.2, 0) is 28.1 Å². The molecule has 0 spiro atoms. The summed E-state index contributed by atoms with van der Waals surface area (Å²) in [5.41, 5.74) is 10.7. The average molecular weight is 581 g/mol. The van der Waals surface area contributed by atoms with Crippen LogP contribution in [0.5, 0.6) is 0 Å². The van der Waals surface area contributed by atoms with Gasteiger partial charge in [-0.25, -0.2) is 5.43 Å². The van der Waals surface area contributed by atoms with Crippen LogP contribution < -0.4 is 22.7 Å². The number of carbonyl (C=O) groups is 2. The van der Waals surface area contributed by atoms with Crippen molar-refractivity contribution in [1.82, 2.24) is 10.3 Å².